The summed E-state index contributed by atoms with van der Waals surface area (Å²) in [4.78, 5) is 41.5. The van der Waals surface area contributed by atoms with Crippen molar-refractivity contribution in [1.29, 1.82) is 0 Å². The molecule has 1 saturated heterocycles. The topological polar surface area (TPSA) is 95.7 Å². The summed E-state index contributed by atoms with van der Waals surface area (Å²) in [7, 11) is 0. The van der Waals surface area contributed by atoms with Crippen LogP contribution in [0.15, 0.2) is 18.2 Å². The van der Waals surface area contributed by atoms with Crippen LogP contribution in [0.25, 0.3) is 0 Å². The van der Waals surface area contributed by atoms with Crippen LogP contribution >= 0.6 is 0 Å². The maximum Gasteiger partial charge on any atom is 0.255 e. The molecule has 1 aromatic carbocycles. The number of carbonyl (C=O) groups excluding carboxylic acids is 3. The van der Waals surface area contributed by atoms with Crippen LogP contribution in [0.4, 0.5) is 5.69 Å². The smallest absolute Gasteiger partial charge is 0.255 e. The Labute approximate surface area is 189 Å². The van der Waals surface area contributed by atoms with Gasteiger partial charge >= 0.3 is 0 Å². The van der Waals surface area contributed by atoms with Gasteiger partial charge in [0.15, 0.2) is 0 Å². The molecule has 1 atom stereocenters. The molecule has 3 N–H and O–H groups in total. The summed E-state index contributed by atoms with van der Waals surface area (Å²) in [6.07, 6.45) is 9.16. The Hall–Kier alpha value is -2.41. The fraction of sp³-hybridized carbons (Fsp3) is 0.640. The van der Waals surface area contributed by atoms with Crippen LogP contribution in [-0.4, -0.2) is 47.8 Å². The van der Waals surface area contributed by atoms with E-state index >= 15 is 0 Å². The number of nitrogens with two attached hydrogens (primary N) is 1. The number of hydrogen-bond donors (Lipinski definition) is 2. The number of fused-ring (bicyclic) bond motifs is 1. The van der Waals surface area contributed by atoms with Crippen molar-refractivity contribution in [3.63, 3.8) is 0 Å². The van der Waals surface area contributed by atoms with Crippen LogP contribution in [0, 0.1) is 11.8 Å². The summed E-state index contributed by atoms with van der Waals surface area (Å²) in [6, 6.07) is 5.93. The lowest BCUT2D eigenvalue weighted by atomic mass is 9.85. The predicted octanol–water partition coefficient (Wildman–Crippen LogP) is 2.57. The van der Waals surface area contributed by atoms with E-state index in [1.807, 2.05) is 12.1 Å². The lowest BCUT2D eigenvalue weighted by molar-refractivity contribution is -0.136. The second kappa shape index (κ2) is 8.85. The molecule has 0 spiro atoms. The van der Waals surface area contributed by atoms with Gasteiger partial charge in [-0.15, -0.1) is 0 Å². The second-order valence-corrected chi connectivity index (χ2v) is 10.0. The molecule has 2 saturated carbocycles. The number of nitrogens with one attached hydrogen (secondary N) is 1. The minimum Gasteiger partial charge on any atom is -0.368 e. The molecule has 3 amide bonds. The van der Waals surface area contributed by atoms with Crippen molar-refractivity contribution in [3.05, 3.63) is 29.3 Å². The summed E-state index contributed by atoms with van der Waals surface area (Å²) >= 11 is 0. The van der Waals surface area contributed by atoms with Crippen molar-refractivity contribution < 1.29 is 14.4 Å². The average Bonchev–Trinajstić information content (AvgIpc) is 3.57. The van der Waals surface area contributed by atoms with Crippen LogP contribution in [0.5, 0.6) is 0 Å². The van der Waals surface area contributed by atoms with E-state index in [0.29, 0.717) is 30.5 Å². The summed E-state index contributed by atoms with van der Waals surface area (Å²) in [5.41, 5.74) is 8.83. The lowest BCUT2D eigenvalue weighted by Gasteiger charge is -2.39. The number of anilines is 1. The molecule has 3 fully saturated rings. The molecule has 172 valence electrons. The van der Waals surface area contributed by atoms with Gasteiger partial charge in [-0.2, -0.15) is 0 Å². The van der Waals surface area contributed by atoms with Crippen LogP contribution in [0.1, 0.15) is 73.7 Å². The molecular weight excluding hydrogens is 404 g/mol. The highest BCUT2D eigenvalue weighted by Crippen LogP contribution is 2.39. The number of carbonyl (C=O) groups is 3. The first kappa shape index (κ1) is 21.4. The van der Waals surface area contributed by atoms with Gasteiger partial charge in [-0.3, -0.25) is 19.7 Å². The van der Waals surface area contributed by atoms with Gasteiger partial charge in [0.05, 0.1) is 0 Å². The Balaban J connectivity index is 1.40. The number of hydrogen-bond acceptors (Lipinski definition) is 5. The van der Waals surface area contributed by atoms with Gasteiger partial charge in [-0.05, 0) is 69.0 Å². The second-order valence-electron chi connectivity index (χ2n) is 10.0. The van der Waals surface area contributed by atoms with Crippen molar-refractivity contribution in [2.75, 3.05) is 18.0 Å². The summed E-state index contributed by atoms with van der Waals surface area (Å²) < 4.78 is 0. The van der Waals surface area contributed by atoms with E-state index in [9.17, 15) is 14.4 Å². The SMILES string of the molecule is NCC1CCC(N(CCC2CC2)c2cccc3c2CN(C2CCC(=O)NC2=O)C3=O)CC1. The summed E-state index contributed by atoms with van der Waals surface area (Å²) in [5.74, 6) is 0.772. The Morgan fingerprint density at radius 1 is 1.00 bits per heavy atom. The maximum absolute atomic E-state index is 13.3. The van der Waals surface area contributed by atoms with Crippen molar-refractivity contribution in [2.24, 2.45) is 17.6 Å². The number of rotatable bonds is 7. The zero-order chi connectivity index (χ0) is 22.2. The van der Waals surface area contributed by atoms with Gasteiger partial charge in [-0.25, -0.2) is 0 Å². The predicted molar refractivity (Wildman–Crippen MR) is 122 cm³/mol. The number of amides is 3. The van der Waals surface area contributed by atoms with Gasteiger partial charge in [0.25, 0.3) is 5.91 Å². The standard InChI is InChI=1S/C25H34N4O3/c26-14-17-6-8-18(9-7-17)28(13-12-16-4-5-16)21-3-1-2-19-20(21)15-29(25(19)32)22-10-11-23(30)27-24(22)31/h1-3,16-18,22H,4-15,26H2,(H,27,30,31). The normalized spacial score (nSPS) is 28.0. The molecule has 2 aliphatic heterocycles. The molecule has 7 nitrogen and oxygen atoms in total. The molecule has 7 heteroatoms. The van der Waals surface area contributed by atoms with Gasteiger partial charge in [-0.1, -0.05) is 18.9 Å². The summed E-state index contributed by atoms with van der Waals surface area (Å²) in [5, 5.41) is 2.40. The van der Waals surface area contributed by atoms with Gasteiger partial charge < -0.3 is 15.5 Å². The highest BCUT2D eigenvalue weighted by atomic mass is 16.2. The van der Waals surface area contributed by atoms with E-state index in [-0.39, 0.29) is 24.1 Å². The van der Waals surface area contributed by atoms with Crippen LogP contribution in [0.2, 0.25) is 0 Å². The Kier molecular flexibility index (Phi) is 5.93. The third kappa shape index (κ3) is 4.15. The van der Waals surface area contributed by atoms with Crippen LogP contribution < -0.4 is 16.0 Å². The molecule has 1 unspecified atom stereocenters. The fourth-order valence-corrected chi connectivity index (χ4v) is 5.76. The van der Waals surface area contributed by atoms with Crippen molar-refractivity contribution in [2.45, 2.75) is 76.4 Å². The maximum atomic E-state index is 13.3. The third-order valence-electron chi connectivity index (χ3n) is 7.93. The zero-order valence-electron chi connectivity index (χ0n) is 18.7. The van der Waals surface area contributed by atoms with Crippen molar-refractivity contribution >= 4 is 23.4 Å². The zero-order valence-corrected chi connectivity index (χ0v) is 18.7. The third-order valence-corrected chi connectivity index (χ3v) is 7.93. The molecule has 0 aromatic heterocycles. The fourth-order valence-electron chi connectivity index (χ4n) is 5.76. The number of piperidine rings is 1. The van der Waals surface area contributed by atoms with Crippen molar-refractivity contribution in [3.8, 4) is 0 Å². The Morgan fingerprint density at radius 2 is 1.75 bits per heavy atom. The molecule has 0 bridgehead atoms. The lowest BCUT2D eigenvalue weighted by Crippen LogP contribution is -2.52. The minimum atomic E-state index is -0.569. The number of imide groups is 1. The molecule has 2 aliphatic carbocycles. The van der Waals surface area contributed by atoms with E-state index in [0.717, 1.165) is 55.9 Å². The highest BCUT2D eigenvalue weighted by Gasteiger charge is 2.41. The van der Waals surface area contributed by atoms with E-state index < -0.39 is 6.04 Å². The minimum absolute atomic E-state index is 0.0923. The molecular formula is C25H34N4O3. The van der Waals surface area contributed by atoms with E-state index in [4.69, 9.17) is 5.73 Å². The molecule has 1 aromatic rings. The Bertz CT molecular complexity index is 904. The van der Waals surface area contributed by atoms with Gasteiger partial charge in [0.1, 0.15) is 6.04 Å². The number of nitrogens with zero attached hydrogens (tertiary/aromatic N) is 2. The first-order valence-corrected chi connectivity index (χ1v) is 12.3. The molecule has 2 heterocycles. The summed E-state index contributed by atoms with van der Waals surface area (Å²) in [6.45, 7) is 2.23. The average molecular weight is 439 g/mol. The largest absolute Gasteiger partial charge is 0.368 e. The molecule has 32 heavy (non-hydrogen) atoms. The quantitative estimate of drug-likeness (QED) is 0.638. The van der Waals surface area contributed by atoms with Crippen molar-refractivity contribution in [1.82, 2.24) is 10.2 Å². The highest BCUT2D eigenvalue weighted by molar-refractivity contribution is 6.06. The molecule has 0 radical (unpaired) electrons. The van der Waals surface area contributed by atoms with Gasteiger partial charge in [0, 0.05) is 42.4 Å². The van der Waals surface area contributed by atoms with Gasteiger partial charge in [0.2, 0.25) is 11.8 Å². The molecule has 4 aliphatic rings. The van der Waals surface area contributed by atoms with E-state index in [1.165, 1.54) is 19.3 Å². The van der Waals surface area contributed by atoms with Crippen LogP contribution in [-0.2, 0) is 16.1 Å². The first-order chi connectivity index (χ1) is 15.5. The molecule has 5 rings (SSSR count). The Morgan fingerprint density at radius 3 is 2.44 bits per heavy atom. The number of benzene rings is 1. The van der Waals surface area contributed by atoms with E-state index in [2.05, 4.69) is 16.3 Å². The first-order valence-electron chi connectivity index (χ1n) is 12.3. The van der Waals surface area contributed by atoms with Crippen LogP contribution in [0.3, 0.4) is 0 Å². The van der Waals surface area contributed by atoms with E-state index in [1.54, 1.807) is 4.90 Å². The monoisotopic (exact) mass is 438 g/mol.